The summed E-state index contributed by atoms with van der Waals surface area (Å²) in [6.45, 7) is 3.82. The predicted molar refractivity (Wildman–Crippen MR) is 109 cm³/mol. The summed E-state index contributed by atoms with van der Waals surface area (Å²) in [5.74, 6) is 0.651. The maximum atomic E-state index is 13.1. The average Bonchev–Trinajstić information content (AvgIpc) is 3.32. The number of tetrazole rings is 1. The molecule has 0 spiro atoms. The molecule has 0 unspecified atom stereocenters. The Labute approximate surface area is 172 Å². The van der Waals surface area contributed by atoms with Gasteiger partial charge in [0.2, 0.25) is 5.82 Å². The van der Waals surface area contributed by atoms with Crippen LogP contribution in [0.5, 0.6) is 5.75 Å². The highest BCUT2D eigenvalue weighted by molar-refractivity contribution is 5.97. The smallest absolute Gasteiger partial charge is 0.204 e. The lowest BCUT2D eigenvalue weighted by molar-refractivity contribution is 0.0961. The van der Waals surface area contributed by atoms with Gasteiger partial charge in [0.1, 0.15) is 18.1 Å². The molecule has 4 rings (SSSR count). The highest BCUT2D eigenvalue weighted by Crippen LogP contribution is 2.23. The molecule has 152 valence electrons. The van der Waals surface area contributed by atoms with Crippen molar-refractivity contribution >= 4 is 5.78 Å². The van der Waals surface area contributed by atoms with Crippen LogP contribution < -0.4 is 4.74 Å². The van der Waals surface area contributed by atoms with E-state index in [-0.39, 0.29) is 18.1 Å². The van der Waals surface area contributed by atoms with Crippen LogP contribution in [-0.4, -0.2) is 37.7 Å². The van der Waals surface area contributed by atoms with Gasteiger partial charge in [-0.2, -0.15) is 4.80 Å². The predicted octanol–water partition coefficient (Wildman–Crippen LogP) is 3.78. The summed E-state index contributed by atoms with van der Waals surface area (Å²) in [5.41, 5.74) is 3.96. The van der Waals surface area contributed by atoms with Gasteiger partial charge in [-0.25, -0.2) is 4.39 Å². The van der Waals surface area contributed by atoms with Crippen LogP contribution in [0, 0.1) is 19.7 Å². The molecule has 0 aliphatic heterocycles. The van der Waals surface area contributed by atoms with Crippen molar-refractivity contribution in [1.29, 1.82) is 0 Å². The summed E-state index contributed by atoms with van der Waals surface area (Å²) in [6, 6.07) is 15.3. The summed E-state index contributed by atoms with van der Waals surface area (Å²) in [4.78, 5) is 14.2. The molecule has 2 heterocycles. The number of aromatic nitrogens is 5. The fourth-order valence-electron chi connectivity index (χ4n) is 3.41. The minimum absolute atomic E-state index is 0.0406. The second kappa shape index (κ2) is 7.90. The second-order valence-electron chi connectivity index (χ2n) is 6.89. The second-order valence-corrected chi connectivity index (χ2v) is 6.89. The largest absolute Gasteiger partial charge is 0.497 e. The van der Waals surface area contributed by atoms with Crippen LogP contribution in [-0.2, 0) is 6.54 Å². The highest BCUT2D eigenvalue weighted by atomic mass is 19.1. The fraction of sp³-hybridized carbons (Fsp3) is 0.182. The van der Waals surface area contributed by atoms with E-state index in [0.29, 0.717) is 17.0 Å². The normalized spacial score (nSPS) is 10.9. The summed E-state index contributed by atoms with van der Waals surface area (Å²) < 4.78 is 20.3. The van der Waals surface area contributed by atoms with E-state index in [9.17, 15) is 9.18 Å². The molecule has 0 fully saturated rings. The van der Waals surface area contributed by atoms with Crippen LogP contribution in [0.25, 0.3) is 17.1 Å². The molecule has 4 aromatic rings. The van der Waals surface area contributed by atoms with Crippen molar-refractivity contribution in [3.63, 3.8) is 0 Å². The van der Waals surface area contributed by atoms with E-state index in [0.717, 1.165) is 22.8 Å². The molecule has 30 heavy (non-hydrogen) atoms. The van der Waals surface area contributed by atoms with Crippen molar-refractivity contribution in [2.45, 2.75) is 20.4 Å². The van der Waals surface area contributed by atoms with Crippen molar-refractivity contribution in [3.8, 4) is 22.8 Å². The van der Waals surface area contributed by atoms with E-state index < -0.39 is 0 Å². The number of carbonyl (C=O) groups excluding carboxylic acids is 1. The molecule has 0 aliphatic carbocycles. The minimum atomic E-state index is -0.339. The zero-order chi connectivity index (χ0) is 21.3. The molecule has 0 amide bonds. The van der Waals surface area contributed by atoms with Crippen molar-refractivity contribution in [3.05, 3.63) is 77.4 Å². The monoisotopic (exact) mass is 405 g/mol. The van der Waals surface area contributed by atoms with Gasteiger partial charge < -0.3 is 9.30 Å². The summed E-state index contributed by atoms with van der Waals surface area (Å²) in [7, 11) is 1.62. The van der Waals surface area contributed by atoms with Gasteiger partial charge in [-0.05, 0) is 73.7 Å². The standard InChI is InChI=1S/C22H20FN5O2/c1-14-12-20(15(2)28(14)18-8-10-19(30-3)11-9-18)21(29)13-27-25-22(24-26-27)16-4-6-17(23)7-5-16/h4-12H,13H2,1-3H3. The Kier molecular flexibility index (Phi) is 5.14. The number of methoxy groups -OCH3 is 1. The number of hydrogen-bond acceptors (Lipinski definition) is 5. The minimum Gasteiger partial charge on any atom is -0.497 e. The molecule has 2 aromatic carbocycles. The number of Topliss-reactive ketones (excluding diaryl/α,β-unsaturated/α-hetero) is 1. The van der Waals surface area contributed by atoms with Gasteiger partial charge in [-0.1, -0.05) is 0 Å². The molecule has 0 saturated heterocycles. The number of carbonyl (C=O) groups is 1. The third kappa shape index (κ3) is 3.71. The van der Waals surface area contributed by atoms with Crippen LogP contribution in [0.3, 0.4) is 0 Å². The van der Waals surface area contributed by atoms with Crippen LogP contribution in [0.4, 0.5) is 4.39 Å². The Morgan fingerprint density at radius 3 is 2.43 bits per heavy atom. The van der Waals surface area contributed by atoms with Crippen molar-refractivity contribution in [1.82, 2.24) is 24.8 Å². The van der Waals surface area contributed by atoms with Crippen molar-refractivity contribution < 1.29 is 13.9 Å². The Balaban J connectivity index is 1.56. The van der Waals surface area contributed by atoms with Crippen molar-refractivity contribution in [2.24, 2.45) is 0 Å². The molecule has 2 aromatic heterocycles. The van der Waals surface area contributed by atoms with E-state index in [1.807, 2.05) is 48.7 Å². The molecule has 0 N–H and O–H groups in total. The number of halogens is 1. The number of rotatable bonds is 6. The first kappa shape index (κ1) is 19.5. The van der Waals surface area contributed by atoms with Gasteiger partial charge in [-0.3, -0.25) is 4.79 Å². The molecule has 0 aliphatic rings. The van der Waals surface area contributed by atoms with Gasteiger partial charge >= 0.3 is 0 Å². The number of ketones is 1. The van der Waals surface area contributed by atoms with E-state index in [2.05, 4.69) is 15.4 Å². The van der Waals surface area contributed by atoms with Crippen LogP contribution in [0.2, 0.25) is 0 Å². The highest BCUT2D eigenvalue weighted by Gasteiger charge is 2.18. The van der Waals surface area contributed by atoms with Crippen molar-refractivity contribution in [2.75, 3.05) is 7.11 Å². The first-order chi connectivity index (χ1) is 14.5. The van der Waals surface area contributed by atoms with Gasteiger partial charge in [0, 0.05) is 28.2 Å². The van der Waals surface area contributed by atoms with Gasteiger partial charge in [-0.15, -0.1) is 10.2 Å². The number of aryl methyl sites for hydroxylation is 1. The zero-order valence-electron chi connectivity index (χ0n) is 16.8. The van der Waals surface area contributed by atoms with Crippen LogP contribution >= 0.6 is 0 Å². The first-order valence-electron chi connectivity index (χ1n) is 9.36. The lowest BCUT2D eigenvalue weighted by Gasteiger charge is -2.10. The molecule has 0 radical (unpaired) electrons. The maximum Gasteiger partial charge on any atom is 0.204 e. The van der Waals surface area contributed by atoms with Gasteiger partial charge in [0.15, 0.2) is 5.78 Å². The van der Waals surface area contributed by atoms with E-state index in [4.69, 9.17) is 4.74 Å². The average molecular weight is 405 g/mol. The topological polar surface area (TPSA) is 74.8 Å². The summed E-state index contributed by atoms with van der Waals surface area (Å²) in [6.07, 6.45) is 0. The Hall–Kier alpha value is -3.81. The number of nitrogens with zero attached hydrogens (tertiary/aromatic N) is 5. The van der Waals surface area contributed by atoms with Crippen LogP contribution in [0.15, 0.2) is 54.6 Å². The van der Waals surface area contributed by atoms with Gasteiger partial charge in [0.25, 0.3) is 0 Å². The molecule has 7 nitrogen and oxygen atoms in total. The Morgan fingerprint density at radius 1 is 1.07 bits per heavy atom. The molecule has 0 saturated carbocycles. The van der Waals surface area contributed by atoms with E-state index in [1.165, 1.54) is 16.9 Å². The molecular weight excluding hydrogens is 385 g/mol. The summed E-state index contributed by atoms with van der Waals surface area (Å²) in [5, 5.41) is 12.2. The Morgan fingerprint density at radius 2 is 1.77 bits per heavy atom. The maximum absolute atomic E-state index is 13.1. The third-order valence-corrected chi connectivity index (χ3v) is 4.90. The van der Waals surface area contributed by atoms with E-state index >= 15 is 0 Å². The lowest BCUT2D eigenvalue weighted by Crippen LogP contribution is -2.14. The fourth-order valence-corrected chi connectivity index (χ4v) is 3.41. The zero-order valence-corrected chi connectivity index (χ0v) is 16.8. The van der Waals surface area contributed by atoms with Gasteiger partial charge in [0.05, 0.1) is 7.11 Å². The lowest BCUT2D eigenvalue weighted by atomic mass is 10.1. The number of hydrogen-bond donors (Lipinski definition) is 0. The molecule has 0 bridgehead atoms. The molecular formula is C22H20FN5O2. The Bertz CT molecular complexity index is 1190. The van der Waals surface area contributed by atoms with E-state index in [1.54, 1.807) is 19.2 Å². The SMILES string of the molecule is COc1ccc(-n2c(C)cc(C(=O)Cn3nnc(-c4ccc(F)cc4)n3)c2C)cc1. The van der Waals surface area contributed by atoms with Crippen LogP contribution in [0.1, 0.15) is 21.7 Å². The summed E-state index contributed by atoms with van der Waals surface area (Å²) >= 11 is 0. The third-order valence-electron chi connectivity index (χ3n) is 4.90. The number of benzene rings is 2. The molecule has 0 atom stereocenters. The first-order valence-corrected chi connectivity index (χ1v) is 9.36. The molecule has 8 heteroatoms. The quantitative estimate of drug-likeness (QED) is 0.457. The number of ether oxygens (including phenoxy) is 1.